The summed E-state index contributed by atoms with van der Waals surface area (Å²) in [6.07, 6.45) is 8.12. The molecule has 2 heterocycles. The van der Waals surface area contributed by atoms with Crippen molar-refractivity contribution >= 4 is 5.96 Å². The van der Waals surface area contributed by atoms with Crippen molar-refractivity contribution in [3.05, 3.63) is 42.3 Å². The predicted octanol–water partition coefficient (Wildman–Crippen LogP) is 3.04. The summed E-state index contributed by atoms with van der Waals surface area (Å²) in [5, 5.41) is 6.97. The molecule has 1 aromatic carbocycles. The Balaban J connectivity index is 1.33. The largest absolute Gasteiger partial charge is 0.444 e. The Morgan fingerprint density at radius 3 is 2.60 bits per heavy atom. The molecule has 1 aliphatic heterocycles. The van der Waals surface area contributed by atoms with Gasteiger partial charge in [-0.25, -0.2) is 4.98 Å². The number of aliphatic imine (C=N–C) groups is 1. The zero-order valence-corrected chi connectivity index (χ0v) is 17.9. The summed E-state index contributed by atoms with van der Waals surface area (Å²) in [5.41, 5.74) is 2.04. The van der Waals surface area contributed by atoms with Crippen LogP contribution in [0.15, 0.2) is 46.0 Å². The minimum absolute atomic E-state index is 0.202. The quantitative estimate of drug-likeness (QED) is 0.562. The van der Waals surface area contributed by atoms with Gasteiger partial charge in [-0.3, -0.25) is 9.89 Å². The highest BCUT2D eigenvalue weighted by molar-refractivity contribution is 5.79. The van der Waals surface area contributed by atoms with Gasteiger partial charge in [0.25, 0.3) is 0 Å². The highest BCUT2D eigenvalue weighted by atomic mass is 16.5. The Morgan fingerprint density at radius 1 is 1.10 bits per heavy atom. The van der Waals surface area contributed by atoms with Crippen molar-refractivity contribution in [2.45, 2.75) is 44.2 Å². The van der Waals surface area contributed by atoms with Crippen LogP contribution in [0.5, 0.6) is 0 Å². The van der Waals surface area contributed by atoms with Crippen molar-refractivity contribution in [2.24, 2.45) is 4.99 Å². The summed E-state index contributed by atoms with van der Waals surface area (Å²) in [7, 11) is 1.82. The number of benzene rings is 1. The van der Waals surface area contributed by atoms with E-state index in [2.05, 4.69) is 25.5 Å². The molecule has 0 atom stereocenters. The van der Waals surface area contributed by atoms with Gasteiger partial charge in [-0.15, -0.1) is 0 Å². The number of guanidine groups is 1. The van der Waals surface area contributed by atoms with Gasteiger partial charge in [0.2, 0.25) is 5.89 Å². The van der Waals surface area contributed by atoms with Gasteiger partial charge in [-0.2, -0.15) is 0 Å². The Hall–Kier alpha value is -2.38. The predicted molar refractivity (Wildman–Crippen MR) is 118 cm³/mol. The number of rotatable bonds is 6. The van der Waals surface area contributed by atoms with E-state index >= 15 is 0 Å². The van der Waals surface area contributed by atoms with Gasteiger partial charge in [0.1, 0.15) is 6.26 Å². The zero-order chi connectivity index (χ0) is 20.7. The number of hydrogen-bond donors (Lipinski definition) is 2. The first kappa shape index (κ1) is 20.9. The number of nitrogens with zero attached hydrogens (tertiary/aromatic N) is 3. The van der Waals surface area contributed by atoms with Crippen molar-refractivity contribution in [1.82, 2.24) is 20.5 Å². The molecular weight excluding hydrogens is 378 g/mol. The van der Waals surface area contributed by atoms with Crippen molar-refractivity contribution in [3.8, 4) is 11.5 Å². The van der Waals surface area contributed by atoms with Gasteiger partial charge < -0.3 is 19.8 Å². The van der Waals surface area contributed by atoms with Crippen molar-refractivity contribution < 1.29 is 9.15 Å². The summed E-state index contributed by atoms with van der Waals surface area (Å²) in [6, 6.07) is 9.95. The third-order valence-electron chi connectivity index (χ3n) is 6.28. The van der Waals surface area contributed by atoms with Gasteiger partial charge in [0.05, 0.1) is 25.5 Å². The van der Waals surface area contributed by atoms with Crippen LogP contribution in [0, 0.1) is 0 Å². The number of hydrogen-bond acceptors (Lipinski definition) is 5. The molecular formula is C23H33N5O2. The number of morpholine rings is 1. The van der Waals surface area contributed by atoms with Crippen LogP contribution >= 0.6 is 0 Å². The molecule has 1 aliphatic carbocycles. The van der Waals surface area contributed by atoms with Crippen LogP contribution in [0.2, 0.25) is 0 Å². The molecule has 2 aliphatic rings. The number of nitrogens with one attached hydrogen (secondary N) is 2. The highest BCUT2D eigenvalue weighted by Crippen LogP contribution is 2.33. The van der Waals surface area contributed by atoms with Crippen molar-refractivity contribution in [1.29, 1.82) is 0 Å². The van der Waals surface area contributed by atoms with Crippen LogP contribution < -0.4 is 10.6 Å². The molecule has 1 aromatic heterocycles. The second kappa shape index (κ2) is 10.1. The first-order valence-corrected chi connectivity index (χ1v) is 11.1. The monoisotopic (exact) mass is 411 g/mol. The molecule has 2 N–H and O–H groups in total. The van der Waals surface area contributed by atoms with E-state index in [4.69, 9.17) is 9.15 Å². The second-order valence-electron chi connectivity index (χ2n) is 8.17. The minimum atomic E-state index is 0.202. The Morgan fingerprint density at radius 2 is 1.87 bits per heavy atom. The third kappa shape index (κ3) is 5.02. The number of oxazole rings is 1. The lowest BCUT2D eigenvalue weighted by Crippen LogP contribution is -2.60. The van der Waals surface area contributed by atoms with E-state index in [9.17, 15) is 0 Å². The van der Waals surface area contributed by atoms with Crippen LogP contribution in [-0.2, 0) is 11.3 Å². The van der Waals surface area contributed by atoms with Crippen LogP contribution in [0.3, 0.4) is 0 Å². The maximum Gasteiger partial charge on any atom is 0.226 e. The van der Waals surface area contributed by atoms with E-state index in [1.165, 1.54) is 32.1 Å². The fourth-order valence-electron chi connectivity index (χ4n) is 4.60. The maximum absolute atomic E-state index is 5.64. The minimum Gasteiger partial charge on any atom is -0.444 e. The normalized spacial score (nSPS) is 20.1. The SMILES string of the molecule is CN=C(NCc1coc(-c2ccccc2)n1)NCC1(N2CCOCC2)CCCCC1. The molecule has 0 spiro atoms. The van der Waals surface area contributed by atoms with E-state index in [1.807, 2.05) is 37.4 Å². The zero-order valence-electron chi connectivity index (χ0n) is 17.9. The Labute approximate surface area is 178 Å². The first-order valence-electron chi connectivity index (χ1n) is 11.1. The topological polar surface area (TPSA) is 74.9 Å². The van der Waals surface area contributed by atoms with E-state index in [-0.39, 0.29) is 5.54 Å². The molecule has 2 fully saturated rings. The van der Waals surface area contributed by atoms with Gasteiger partial charge >= 0.3 is 0 Å². The Kier molecular flexibility index (Phi) is 7.02. The number of aromatic nitrogens is 1. The average molecular weight is 412 g/mol. The molecule has 30 heavy (non-hydrogen) atoms. The average Bonchev–Trinajstić information content (AvgIpc) is 3.30. The molecule has 0 radical (unpaired) electrons. The van der Waals surface area contributed by atoms with E-state index < -0.39 is 0 Å². The van der Waals surface area contributed by atoms with Gasteiger partial charge in [0.15, 0.2) is 5.96 Å². The fourth-order valence-corrected chi connectivity index (χ4v) is 4.60. The molecule has 162 valence electrons. The van der Waals surface area contributed by atoms with Crippen LogP contribution in [0.4, 0.5) is 0 Å². The molecule has 0 amide bonds. The lowest BCUT2D eigenvalue weighted by molar-refractivity contribution is -0.0352. The summed E-state index contributed by atoms with van der Waals surface area (Å²) < 4.78 is 11.2. The maximum atomic E-state index is 5.64. The van der Waals surface area contributed by atoms with Crippen molar-refractivity contribution in [2.75, 3.05) is 39.9 Å². The van der Waals surface area contributed by atoms with Gasteiger partial charge in [-0.1, -0.05) is 37.5 Å². The Bertz CT molecular complexity index is 808. The van der Waals surface area contributed by atoms with Gasteiger partial charge in [-0.05, 0) is 25.0 Å². The molecule has 0 unspecified atom stereocenters. The van der Waals surface area contributed by atoms with Crippen LogP contribution in [0.25, 0.3) is 11.5 Å². The number of ether oxygens (including phenoxy) is 1. The molecule has 2 aromatic rings. The fraction of sp³-hybridized carbons (Fsp3) is 0.565. The standard InChI is InChI=1S/C23H33N5O2/c1-24-22(25-16-20-17-30-21(27-20)19-8-4-2-5-9-19)26-18-23(10-6-3-7-11-23)28-12-14-29-15-13-28/h2,4-5,8-9,17H,3,6-7,10-16,18H2,1H3,(H2,24,25,26). The molecule has 7 nitrogen and oxygen atoms in total. The lowest BCUT2D eigenvalue weighted by atomic mass is 9.80. The third-order valence-corrected chi connectivity index (χ3v) is 6.28. The second-order valence-corrected chi connectivity index (χ2v) is 8.17. The van der Waals surface area contributed by atoms with Crippen LogP contribution in [-0.4, -0.2) is 61.3 Å². The summed E-state index contributed by atoms with van der Waals surface area (Å²) in [6.45, 7) is 5.19. The molecule has 7 heteroatoms. The highest BCUT2D eigenvalue weighted by Gasteiger charge is 2.38. The van der Waals surface area contributed by atoms with Gasteiger partial charge in [0, 0.05) is 37.8 Å². The first-order chi connectivity index (χ1) is 14.8. The molecule has 1 saturated carbocycles. The van der Waals surface area contributed by atoms with E-state index in [0.717, 1.165) is 50.1 Å². The summed E-state index contributed by atoms with van der Waals surface area (Å²) in [4.78, 5) is 11.6. The molecule has 1 saturated heterocycles. The van der Waals surface area contributed by atoms with E-state index in [0.29, 0.717) is 12.4 Å². The summed E-state index contributed by atoms with van der Waals surface area (Å²) in [5.74, 6) is 1.45. The van der Waals surface area contributed by atoms with Crippen LogP contribution in [0.1, 0.15) is 37.8 Å². The smallest absolute Gasteiger partial charge is 0.226 e. The molecule has 0 bridgehead atoms. The molecule has 4 rings (SSSR count). The lowest BCUT2D eigenvalue weighted by Gasteiger charge is -2.48. The summed E-state index contributed by atoms with van der Waals surface area (Å²) >= 11 is 0. The van der Waals surface area contributed by atoms with Crippen molar-refractivity contribution in [3.63, 3.8) is 0 Å². The van der Waals surface area contributed by atoms with E-state index in [1.54, 1.807) is 6.26 Å².